The number of nitrogens with two attached hydrogens (primary N) is 1. The number of ether oxygens (including phenoxy) is 2. The molecule has 1 aliphatic carbocycles. The van der Waals surface area contributed by atoms with Crippen LogP contribution in [0.1, 0.15) is 30.4 Å². The van der Waals surface area contributed by atoms with Crippen molar-refractivity contribution in [1.29, 1.82) is 0 Å². The molecule has 0 aromatic heterocycles. The normalized spacial score (nSPS) is 17.4. The largest absolute Gasteiger partial charge is 0.497 e. The van der Waals surface area contributed by atoms with Crippen molar-refractivity contribution < 1.29 is 9.47 Å². The van der Waals surface area contributed by atoms with Gasteiger partial charge in [-0.25, -0.2) is 0 Å². The van der Waals surface area contributed by atoms with Crippen LogP contribution >= 0.6 is 0 Å². The van der Waals surface area contributed by atoms with Gasteiger partial charge in [-0.3, -0.25) is 0 Å². The van der Waals surface area contributed by atoms with E-state index in [1.165, 1.54) is 17.5 Å². The summed E-state index contributed by atoms with van der Waals surface area (Å²) in [5.41, 5.74) is 11.4. The molecule has 21 heavy (non-hydrogen) atoms. The number of nitrogen functional groups attached to an aromatic ring is 1. The molecule has 1 aliphatic heterocycles. The molecule has 0 radical (unpaired) electrons. The lowest BCUT2D eigenvalue weighted by molar-refractivity contribution is -0.0144. The Morgan fingerprint density at radius 2 is 1.95 bits per heavy atom. The van der Waals surface area contributed by atoms with Gasteiger partial charge in [0.1, 0.15) is 17.1 Å². The Morgan fingerprint density at radius 3 is 2.62 bits per heavy atom. The summed E-state index contributed by atoms with van der Waals surface area (Å²) in [4.78, 5) is 0. The van der Waals surface area contributed by atoms with Crippen LogP contribution in [-0.4, -0.2) is 7.11 Å². The zero-order chi connectivity index (χ0) is 14.6. The molecule has 0 saturated heterocycles. The Balaban J connectivity index is 1.98. The van der Waals surface area contributed by atoms with Gasteiger partial charge in [-0.2, -0.15) is 0 Å². The van der Waals surface area contributed by atoms with Crippen molar-refractivity contribution in [3.63, 3.8) is 0 Å². The Morgan fingerprint density at radius 1 is 1.14 bits per heavy atom. The number of methoxy groups -OCH3 is 1. The molecule has 3 nitrogen and oxygen atoms in total. The fourth-order valence-corrected chi connectivity index (χ4v) is 3.40. The van der Waals surface area contributed by atoms with Gasteiger partial charge in [-0.15, -0.1) is 0 Å². The molecular weight excluding hydrogens is 262 g/mol. The monoisotopic (exact) mass is 281 g/mol. The van der Waals surface area contributed by atoms with Gasteiger partial charge in [0.2, 0.25) is 0 Å². The van der Waals surface area contributed by atoms with E-state index in [0.717, 1.165) is 41.2 Å². The third kappa shape index (κ3) is 1.67. The highest BCUT2D eigenvalue weighted by molar-refractivity contribution is 5.80. The van der Waals surface area contributed by atoms with Gasteiger partial charge < -0.3 is 15.2 Å². The highest BCUT2D eigenvalue weighted by Crippen LogP contribution is 2.55. The summed E-state index contributed by atoms with van der Waals surface area (Å²) in [6, 6.07) is 10.4. The Bertz CT molecular complexity index is 732. The molecule has 4 rings (SSSR count). The minimum atomic E-state index is -0.182. The number of hydrogen-bond acceptors (Lipinski definition) is 3. The molecule has 2 N–H and O–H groups in total. The van der Waals surface area contributed by atoms with E-state index < -0.39 is 0 Å². The number of hydrogen-bond donors (Lipinski definition) is 1. The SMILES string of the molecule is COc1ccc2c(c1)C1(CCC1)Oc1cc(N)c(C)cc1-2. The van der Waals surface area contributed by atoms with E-state index in [2.05, 4.69) is 18.2 Å². The lowest BCUT2D eigenvalue weighted by Crippen LogP contribution is -2.42. The number of fused-ring (bicyclic) bond motifs is 4. The molecule has 0 unspecified atom stereocenters. The fourth-order valence-electron chi connectivity index (χ4n) is 3.40. The van der Waals surface area contributed by atoms with Gasteiger partial charge in [0.25, 0.3) is 0 Å². The molecule has 3 heteroatoms. The van der Waals surface area contributed by atoms with Crippen LogP contribution in [0, 0.1) is 6.92 Å². The Kier molecular flexibility index (Phi) is 2.49. The van der Waals surface area contributed by atoms with E-state index in [0.29, 0.717) is 0 Å². The molecule has 1 saturated carbocycles. The second-order valence-corrected chi connectivity index (χ2v) is 6.07. The van der Waals surface area contributed by atoms with Crippen molar-refractivity contribution in [3.05, 3.63) is 41.5 Å². The van der Waals surface area contributed by atoms with E-state index in [9.17, 15) is 0 Å². The highest BCUT2D eigenvalue weighted by Gasteiger charge is 2.46. The Hall–Kier alpha value is -2.16. The number of anilines is 1. The molecule has 2 aliphatic rings. The molecule has 0 bridgehead atoms. The first-order valence-electron chi connectivity index (χ1n) is 7.41. The summed E-state index contributed by atoms with van der Waals surface area (Å²) in [5, 5.41) is 0. The predicted molar refractivity (Wildman–Crippen MR) is 83.7 cm³/mol. The summed E-state index contributed by atoms with van der Waals surface area (Å²) in [5.74, 6) is 1.80. The third-order valence-corrected chi connectivity index (χ3v) is 4.84. The van der Waals surface area contributed by atoms with Crippen LogP contribution in [0.4, 0.5) is 5.69 Å². The number of rotatable bonds is 1. The molecule has 0 amide bonds. The number of benzene rings is 2. The lowest BCUT2D eigenvalue weighted by atomic mass is 9.70. The van der Waals surface area contributed by atoms with Crippen molar-refractivity contribution in [2.24, 2.45) is 0 Å². The zero-order valence-electron chi connectivity index (χ0n) is 12.4. The highest BCUT2D eigenvalue weighted by atomic mass is 16.5. The molecular formula is C18H19NO2. The van der Waals surface area contributed by atoms with Crippen LogP contribution in [0.2, 0.25) is 0 Å². The zero-order valence-corrected chi connectivity index (χ0v) is 12.4. The van der Waals surface area contributed by atoms with Gasteiger partial charge in [0.15, 0.2) is 0 Å². The summed E-state index contributed by atoms with van der Waals surface area (Å²) < 4.78 is 11.8. The van der Waals surface area contributed by atoms with Crippen molar-refractivity contribution in [1.82, 2.24) is 0 Å². The average Bonchev–Trinajstić information content (AvgIpc) is 2.46. The average molecular weight is 281 g/mol. The minimum Gasteiger partial charge on any atom is -0.497 e. The molecule has 1 fully saturated rings. The molecule has 108 valence electrons. The maximum atomic E-state index is 6.38. The smallest absolute Gasteiger partial charge is 0.135 e. The molecule has 1 heterocycles. The van der Waals surface area contributed by atoms with E-state index in [1.807, 2.05) is 19.1 Å². The first-order valence-corrected chi connectivity index (χ1v) is 7.41. The number of aryl methyl sites for hydroxylation is 1. The van der Waals surface area contributed by atoms with E-state index >= 15 is 0 Å². The van der Waals surface area contributed by atoms with Gasteiger partial charge in [0, 0.05) is 22.9 Å². The quantitative estimate of drug-likeness (QED) is 0.803. The van der Waals surface area contributed by atoms with Crippen LogP contribution in [-0.2, 0) is 5.60 Å². The van der Waals surface area contributed by atoms with Gasteiger partial charge in [-0.1, -0.05) is 6.07 Å². The van der Waals surface area contributed by atoms with Crippen LogP contribution in [0.5, 0.6) is 11.5 Å². The van der Waals surface area contributed by atoms with Crippen molar-refractivity contribution >= 4 is 5.69 Å². The molecule has 0 atom stereocenters. The van der Waals surface area contributed by atoms with Gasteiger partial charge >= 0.3 is 0 Å². The summed E-state index contributed by atoms with van der Waals surface area (Å²) in [7, 11) is 1.71. The maximum absolute atomic E-state index is 6.38. The Labute approximate surface area is 124 Å². The van der Waals surface area contributed by atoms with Crippen molar-refractivity contribution in [2.45, 2.75) is 31.8 Å². The lowest BCUT2D eigenvalue weighted by Gasteiger charge is -2.46. The van der Waals surface area contributed by atoms with E-state index in [-0.39, 0.29) is 5.60 Å². The maximum Gasteiger partial charge on any atom is 0.135 e. The fraction of sp³-hybridized carbons (Fsp3) is 0.333. The van der Waals surface area contributed by atoms with Crippen LogP contribution in [0.25, 0.3) is 11.1 Å². The van der Waals surface area contributed by atoms with Crippen LogP contribution in [0.3, 0.4) is 0 Å². The second-order valence-electron chi connectivity index (χ2n) is 6.07. The van der Waals surface area contributed by atoms with Crippen LogP contribution < -0.4 is 15.2 Å². The molecule has 2 aromatic rings. The van der Waals surface area contributed by atoms with Crippen molar-refractivity contribution in [3.8, 4) is 22.6 Å². The predicted octanol–water partition coefficient (Wildman–Crippen LogP) is 4.02. The van der Waals surface area contributed by atoms with E-state index in [1.54, 1.807) is 7.11 Å². The first kappa shape index (κ1) is 12.6. The third-order valence-electron chi connectivity index (χ3n) is 4.84. The van der Waals surface area contributed by atoms with Crippen molar-refractivity contribution in [2.75, 3.05) is 12.8 Å². The molecule has 2 aromatic carbocycles. The molecule has 1 spiro atoms. The first-order chi connectivity index (χ1) is 10.1. The van der Waals surface area contributed by atoms with Crippen LogP contribution in [0.15, 0.2) is 30.3 Å². The summed E-state index contributed by atoms with van der Waals surface area (Å²) in [6.07, 6.45) is 3.31. The topological polar surface area (TPSA) is 44.5 Å². The standard InChI is InChI=1S/C18H19NO2/c1-11-8-14-13-5-4-12(20-2)9-15(13)18(6-3-7-18)21-17(14)10-16(11)19/h4-5,8-10H,3,6-7,19H2,1-2H3. The van der Waals surface area contributed by atoms with Gasteiger partial charge in [-0.05, 0) is 55.5 Å². The second kappa shape index (κ2) is 4.17. The summed E-state index contributed by atoms with van der Waals surface area (Å²) in [6.45, 7) is 2.03. The summed E-state index contributed by atoms with van der Waals surface area (Å²) >= 11 is 0. The minimum absolute atomic E-state index is 0.182. The van der Waals surface area contributed by atoms with E-state index in [4.69, 9.17) is 15.2 Å². The van der Waals surface area contributed by atoms with Gasteiger partial charge in [0.05, 0.1) is 7.11 Å².